The van der Waals surface area contributed by atoms with Gasteiger partial charge < -0.3 is 4.74 Å². The van der Waals surface area contributed by atoms with Crippen molar-refractivity contribution in [2.24, 2.45) is 28.8 Å². The van der Waals surface area contributed by atoms with Gasteiger partial charge in [0.05, 0.1) is 18.1 Å². The molecule has 1 saturated carbocycles. The Balaban J connectivity index is 1.33. The van der Waals surface area contributed by atoms with Crippen LogP contribution in [0.3, 0.4) is 0 Å². The number of carbonyl (C=O) groups is 2. The van der Waals surface area contributed by atoms with Crippen LogP contribution in [-0.4, -0.2) is 23.0 Å². The van der Waals surface area contributed by atoms with E-state index in [2.05, 4.69) is 17.3 Å². The Morgan fingerprint density at radius 3 is 2.48 bits per heavy atom. The third-order valence-corrected chi connectivity index (χ3v) is 6.20. The number of fused-ring (bicyclic) bond motifs is 5. The number of ether oxygens (including phenoxy) is 1. The zero-order chi connectivity index (χ0) is 20.0. The first-order chi connectivity index (χ1) is 14.1. The first kappa shape index (κ1) is 18.1. The SMILES string of the molecule is O=C1[C@H]2[C@H](C(=O)N1/N=C\c1ccccc1OCc1cccc(Cl)c1)[C@H]1C=C[C@H]2C1. The zero-order valence-corrected chi connectivity index (χ0v) is 16.3. The summed E-state index contributed by atoms with van der Waals surface area (Å²) in [7, 11) is 0. The van der Waals surface area contributed by atoms with E-state index < -0.39 is 0 Å². The standard InChI is InChI=1S/C23H19ClN2O3/c24-18-6-3-4-14(10-18)13-29-19-7-2-1-5-17(19)12-25-26-22(27)20-15-8-9-16(11-15)21(20)23(26)28/h1-10,12,15-16,20-21H,11,13H2/b25-12-/t15-,16-,20+,21+/m0/s1. The predicted octanol–water partition coefficient (Wildman–Crippen LogP) is 4.06. The number of amides is 2. The Labute approximate surface area is 173 Å². The van der Waals surface area contributed by atoms with Gasteiger partial charge in [-0.3, -0.25) is 9.59 Å². The second-order valence-electron chi connectivity index (χ2n) is 7.69. The van der Waals surface area contributed by atoms with Crippen LogP contribution in [0.5, 0.6) is 5.75 Å². The molecular weight excluding hydrogens is 388 g/mol. The van der Waals surface area contributed by atoms with Gasteiger partial charge in [0.2, 0.25) is 0 Å². The molecule has 3 aliphatic rings. The Hall–Kier alpha value is -2.92. The summed E-state index contributed by atoms with van der Waals surface area (Å²) >= 11 is 6.02. The molecule has 1 aliphatic heterocycles. The molecule has 29 heavy (non-hydrogen) atoms. The number of rotatable bonds is 5. The highest BCUT2D eigenvalue weighted by Gasteiger charge is 2.59. The summed E-state index contributed by atoms with van der Waals surface area (Å²) in [5, 5.41) is 5.95. The average molecular weight is 407 g/mol. The third-order valence-electron chi connectivity index (χ3n) is 5.96. The summed E-state index contributed by atoms with van der Waals surface area (Å²) in [4.78, 5) is 25.5. The van der Waals surface area contributed by atoms with Crippen LogP contribution in [0.1, 0.15) is 17.5 Å². The summed E-state index contributed by atoms with van der Waals surface area (Å²) in [6, 6.07) is 14.9. The van der Waals surface area contributed by atoms with Crippen molar-refractivity contribution in [3.05, 3.63) is 76.8 Å². The molecule has 6 heteroatoms. The highest BCUT2D eigenvalue weighted by atomic mass is 35.5. The van der Waals surface area contributed by atoms with Gasteiger partial charge >= 0.3 is 0 Å². The molecule has 1 saturated heterocycles. The molecule has 4 atom stereocenters. The topological polar surface area (TPSA) is 59.0 Å². The van der Waals surface area contributed by atoms with Crippen LogP contribution in [0, 0.1) is 23.7 Å². The van der Waals surface area contributed by atoms with Crippen LogP contribution in [0.4, 0.5) is 0 Å². The third kappa shape index (κ3) is 3.15. The Bertz CT molecular complexity index is 1020. The number of hydrogen-bond acceptors (Lipinski definition) is 4. The van der Waals surface area contributed by atoms with Crippen LogP contribution >= 0.6 is 11.6 Å². The fourth-order valence-corrected chi connectivity index (χ4v) is 4.84. The Kier molecular flexibility index (Phi) is 4.47. The van der Waals surface area contributed by atoms with E-state index in [0.717, 1.165) is 17.0 Å². The molecule has 2 aromatic rings. The van der Waals surface area contributed by atoms with E-state index in [1.165, 1.54) is 6.21 Å². The van der Waals surface area contributed by atoms with Crippen molar-refractivity contribution in [2.45, 2.75) is 13.0 Å². The van der Waals surface area contributed by atoms with Gasteiger partial charge in [0, 0.05) is 10.6 Å². The lowest BCUT2D eigenvalue weighted by atomic mass is 9.85. The Morgan fingerprint density at radius 2 is 1.76 bits per heavy atom. The molecular formula is C23H19ClN2O3. The van der Waals surface area contributed by atoms with Gasteiger partial charge in [0.15, 0.2) is 0 Å². The summed E-state index contributed by atoms with van der Waals surface area (Å²) < 4.78 is 5.92. The first-order valence-corrected chi connectivity index (χ1v) is 10.1. The van der Waals surface area contributed by atoms with Gasteiger partial charge in [-0.2, -0.15) is 10.1 Å². The Morgan fingerprint density at radius 1 is 1.03 bits per heavy atom. The molecule has 0 radical (unpaired) electrons. The zero-order valence-electron chi connectivity index (χ0n) is 15.6. The molecule has 2 aliphatic carbocycles. The molecule has 0 unspecified atom stereocenters. The predicted molar refractivity (Wildman–Crippen MR) is 109 cm³/mol. The quantitative estimate of drug-likeness (QED) is 0.427. The highest BCUT2D eigenvalue weighted by molar-refractivity contribution is 6.30. The van der Waals surface area contributed by atoms with Gasteiger partial charge in [-0.1, -0.05) is 48.0 Å². The van der Waals surface area contributed by atoms with Crippen LogP contribution < -0.4 is 4.74 Å². The summed E-state index contributed by atoms with van der Waals surface area (Å²) in [5.74, 6) is 0.103. The second-order valence-corrected chi connectivity index (χ2v) is 8.13. The molecule has 5 nitrogen and oxygen atoms in total. The van der Waals surface area contributed by atoms with Crippen molar-refractivity contribution in [1.82, 2.24) is 5.01 Å². The van der Waals surface area contributed by atoms with Crippen molar-refractivity contribution < 1.29 is 14.3 Å². The van der Waals surface area contributed by atoms with E-state index in [1.807, 2.05) is 48.5 Å². The fraction of sp³-hybridized carbons (Fsp3) is 0.261. The van der Waals surface area contributed by atoms with Crippen LogP contribution in [-0.2, 0) is 16.2 Å². The van der Waals surface area contributed by atoms with Crippen molar-refractivity contribution in [3.63, 3.8) is 0 Å². The number of halogens is 1. The summed E-state index contributed by atoms with van der Waals surface area (Å²) in [6.07, 6.45) is 6.58. The summed E-state index contributed by atoms with van der Waals surface area (Å²) in [5.41, 5.74) is 1.65. The smallest absolute Gasteiger partial charge is 0.254 e. The molecule has 2 amide bonds. The number of allylic oxidation sites excluding steroid dienone is 2. The van der Waals surface area contributed by atoms with Crippen LogP contribution in [0.2, 0.25) is 5.02 Å². The largest absolute Gasteiger partial charge is 0.488 e. The number of hydrogen-bond donors (Lipinski definition) is 0. The maximum atomic E-state index is 12.7. The number of carbonyl (C=O) groups excluding carboxylic acids is 2. The maximum Gasteiger partial charge on any atom is 0.254 e. The number of imide groups is 1. The minimum absolute atomic E-state index is 0.176. The van der Waals surface area contributed by atoms with Gasteiger partial charge in [0.1, 0.15) is 12.4 Å². The van der Waals surface area contributed by atoms with Crippen molar-refractivity contribution in [3.8, 4) is 5.75 Å². The van der Waals surface area contributed by atoms with Crippen molar-refractivity contribution in [1.29, 1.82) is 0 Å². The molecule has 0 aromatic heterocycles. The monoisotopic (exact) mass is 406 g/mol. The van der Waals surface area contributed by atoms with Gasteiger partial charge in [-0.05, 0) is 48.1 Å². The van der Waals surface area contributed by atoms with Crippen LogP contribution in [0.25, 0.3) is 0 Å². The van der Waals surface area contributed by atoms with E-state index in [9.17, 15) is 9.59 Å². The van der Waals surface area contributed by atoms with Gasteiger partial charge in [-0.25, -0.2) is 0 Å². The number of para-hydroxylation sites is 1. The lowest BCUT2D eigenvalue weighted by Crippen LogP contribution is -2.28. The van der Waals surface area contributed by atoms with Gasteiger partial charge in [0.25, 0.3) is 11.8 Å². The molecule has 0 spiro atoms. The molecule has 146 valence electrons. The summed E-state index contributed by atoms with van der Waals surface area (Å²) in [6.45, 7) is 0.353. The highest BCUT2D eigenvalue weighted by Crippen LogP contribution is 2.52. The lowest BCUT2D eigenvalue weighted by molar-refractivity contribution is -0.140. The number of benzene rings is 2. The van der Waals surface area contributed by atoms with Crippen molar-refractivity contribution >= 4 is 29.6 Å². The molecule has 2 bridgehead atoms. The fourth-order valence-electron chi connectivity index (χ4n) is 4.63. The number of nitrogens with zero attached hydrogens (tertiary/aromatic N) is 2. The van der Waals surface area contributed by atoms with E-state index in [0.29, 0.717) is 22.9 Å². The van der Waals surface area contributed by atoms with E-state index in [4.69, 9.17) is 16.3 Å². The molecule has 1 heterocycles. The van der Waals surface area contributed by atoms with Gasteiger partial charge in [-0.15, -0.1) is 0 Å². The molecule has 5 rings (SSSR count). The van der Waals surface area contributed by atoms with E-state index in [-0.39, 0.29) is 35.5 Å². The van der Waals surface area contributed by atoms with E-state index >= 15 is 0 Å². The normalized spacial score (nSPS) is 27.3. The van der Waals surface area contributed by atoms with Crippen LogP contribution in [0.15, 0.2) is 65.8 Å². The minimum atomic E-state index is -0.246. The molecule has 2 aromatic carbocycles. The minimum Gasteiger partial charge on any atom is -0.488 e. The second kappa shape index (κ2) is 7.16. The van der Waals surface area contributed by atoms with Crippen molar-refractivity contribution in [2.75, 3.05) is 0 Å². The lowest BCUT2D eigenvalue weighted by Gasteiger charge is -2.13. The molecule has 2 fully saturated rings. The molecule has 0 N–H and O–H groups in total. The maximum absolute atomic E-state index is 12.7. The van der Waals surface area contributed by atoms with E-state index in [1.54, 1.807) is 0 Å². The first-order valence-electron chi connectivity index (χ1n) is 9.68. The number of hydrazone groups is 1. The average Bonchev–Trinajstić information content (AvgIpc) is 3.40.